The quantitative estimate of drug-likeness (QED) is 0.409. The fourth-order valence-electron chi connectivity index (χ4n) is 2.21. The van der Waals surface area contributed by atoms with Crippen molar-refractivity contribution in [3.8, 4) is 0 Å². The van der Waals surface area contributed by atoms with Gasteiger partial charge in [-0.05, 0) is 11.1 Å². The van der Waals surface area contributed by atoms with Crippen LogP contribution in [0.4, 0.5) is 4.79 Å². The maximum absolute atomic E-state index is 11.5. The summed E-state index contributed by atoms with van der Waals surface area (Å²) in [6.07, 6.45) is -1.03. The highest BCUT2D eigenvalue weighted by Crippen LogP contribution is 2.12. The van der Waals surface area contributed by atoms with Crippen LogP contribution in [0.1, 0.15) is 22.3 Å². The summed E-state index contributed by atoms with van der Waals surface area (Å²) in [5.41, 5.74) is 13.6. The van der Waals surface area contributed by atoms with Gasteiger partial charge in [0, 0.05) is 24.2 Å². The van der Waals surface area contributed by atoms with Gasteiger partial charge in [-0.2, -0.15) is 0 Å². The molecule has 24 heavy (non-hydrogen) atoms. The molecule has 0 aliphatic carbocycles. The van der Waals surface area contributed by atoms with E-state index in [0.29, 0.717) is 11.1 Å². The summed E-state index contributed by atoms with van der Waals surface area (Å²) in [7, 11) is 0. The molecule has 1 amide bonds. The number of nitrogens with two attached hydrogens (primary N) is 2. The minimum Gasteiger partial charge on any atom is -0.465 e. The highest BCUT2D eigenvalue weighted by atomic mass is 16.4. The summed E-state index contributed by atoms with van der Waals surface area (Å²) in [6, 6.07) is 13.8. The maximum Gasteiger partial charge on any atom is 0.407 e. The molecule has 0 spiro atoms. The summed E-state index contributed by atoms with van der Waals surface area (Å²) in [4.78, 5) is 12.8. The predicted molar refractivity (Wildman–Crippen MR) is 92.2 cm³/mol. The molecule has 0 bridgehead atoms. The zero-order valence-electron chi connectivity index (χ0n) is 13.0. The minimum absolute atomic E-state index is 0.0257. The van der Waals surface area contributed by atoms with Gasteiger partial charge < -0.3 is 16.6 Å². The van der Waals surface area contributed by atoms with Crippen molar-refractivity contribution in [2.75, 3.05) is 0 Å². The Kier molecular flexibility index (Phi) is 5.16. The SMILES string of the molecule is N=C(N)c1ccc(CN(Cc2ccc(C(=N)N)cc2)C(=O)O)cc1. The van der Waals surface area contributed by atoms with E-state index in [9.17, 15) is 9.90 Å². The molecule has 0 saturated carbocycles. The summed E-state index contributed by atoms with van der Waals surface area (Å²) >= 11 is 0. The van der Waals surface area contributed by atoms with Gasteiger partial charge in [-0.25, -0.2) is 4.79 Å². The molecule has 2 rings (SSSR count). The van der Waals surface area contributed by atoms with Gasteiger partial charge in [0.2, 0.25) is 0 Å². The Hall–Kier alpha value is -3.35. The lowest BCUT2D eigenvalue weighted by Gasteiger charge is -2.19. The third kappa shape index (κ3) is 4.33. The Bertz CT molecular complexity index is 694. The van der Waals surface area contributed by atoms with Gasteiger partial charge in [-0.3, -0.25) is 15.7 Å². The van der Waals surface area contributed by atoms with Crippen molar-refractivity contribution in [2.24, 2.45) is 11.5 Å². The first-order valence-corrected chi connectivity index (χ1v) is 7.21. The van der Waals surface area contributed by atoms with Gasteiger partial charge in [0.1, 0.15) is 11.7 Å². The van der Waals surface area contributed by atoms with Crippen LogP contribution >= 0.6 is 0 Å². The van der Waals surface area contributed by atoms with E-state index in [0.717, 1.165) is 11.1 Å². The number of rotatable bonds is 6. The average Bonchev–Trinajstić information content (AvgIpc) is 2.55. The van der Waals surface area contributed by atoms with Gasteiger partial charge in [-0.1, -0.05) is 48.5 Å². The lowest BCUT2D eigenvalue weighted by atomic mass is 10.1. The molecule has 124 valence electrons. The summed E-state index contributed by atoms with van der Waals surface area (Å²) in [5, 5.41) is 24.1. The Balaban J connectivity index is 2.10. The minimum atomic E-state index is -1.03. The molecule has 7 N–H and O–H groups in total. The van der Waals surface area contributed by atoms with E-state index >= 15 is 0 Å². The van der Waals surface area contributed by atoms with Crippen molar-refractivity contribution in [3.05, 3.63) is 70.8 Å². The fraction of sp³-hybridized carbons (Fsp3) is 0.118. The number of carboxylic acid groups (broad SMARTS) is 1. The zero-order chi connectivity index (χ0) is 17.7. The molecule has 0 saturated heterocycles. The molecule has 2 aromatic carbocycles. The Morgan fingerprint density at radius 2 is 1.17 bits per heavy atom. The van der Waals surface area contributed by atoms with Gasteiger partial charge in [0.05, 0.1) is 0 Å². The number of hydrogen-bond donors (Lipinski definition) is 5. The molecule has 0 aliphatic rings. The topological polar surface area (TPSA) is 140 Å². The number of amidine groups is 2. The number of carbonyl (C=O) groups is 1. The number of nitrogens with one attached hydrogen (secondary N) is 2. The van der Waals surface area contributed by atoms with Crippen LogP contribution in [0, 0.1) is 10.8 Å². The second-order valence-electron chi connectivity index (χ2n) is 5.36. The van der Waals surface area contributed by atoms with E-state index < -0.39 is 6.09 Å². The van der Waals surface area contributed by atoms with E-state index in [2.05, 4.69) is 0 Å². The first-order chi connectivity index (χ1) is 11.4. The van der Waals surface area contributed by atoms with Gasteiger partial charge in [0.15, 0.2) is 0 Å². The number of nitrogen functional groups attached to an aromatic ring is 2. The van der Waals surface area contributed by atoms with Gasteiger partial charge in [-0.15, -0.1) is 0 Å². The molecular weight excluding hydrogens is 306 g/mol. The third-order valence-electron chi connectivity index (χ3n) is 3.55. The van der Waals surface area contributed by atoms with Crippen molar-refractivity contribution >= 4 is 17.8 Å². The number of benzene rings is 2. The standard InChI is InChI=1S/C17H19N5O2/c18-15(19)13-5-1-11(2-6-13)9-22(17(23)24)10-12-3-7-14(8-4-12)16(20)21/h1-8H,9-10H2,(H3,18,19)(H3,20,21)(H,23,24). The van der Waals surface area contributed by atoms with Crippen molar-refractivity contribution < 1.29 is 9.90 Å². The Morgan fingerprint density at radius 1 is 0.833 bits per heavy atom. The number of hydrogen-bond acceptors (Lipinski definition) is 3. The van der Waals surface area contributed by atoms with Crippen molar-refractivity contribution in [1.29, 1.82) is 10.8 Å². The fourth-order valence-corrected chi connectivity index (χ4v) is 2.21. The van der Waals surface area contributed by atoms with E-state index in [1.165, 1.54) is 4.90 Å². The molecule has 7 heteroatoms. The van der Waals surface area contributed by atoms with Crippen LogP contribution in [0.2, 0.25) is 0 Å². The van der Waals surface area contributed by atoms with E-state index in [-0.39, 0.29) is 24.8 Å². The number of nitrogens with zero attached hydrogens (tertiary/aromatic N) is 1. The Morgan fingerprint density at radius 3 is 1.42 bits per heavy atom. The van der Waals surface area contributed by atoms with Crippen molar-refractivity contribution in [1.82, 2.24) is 4.90 Å². The lowest BCUT2D eigenvalue weighted by molar-refractivity contribution is 0.139. The summed E-state index contributed by atoms with van der Waals surface area (Å²) in [6.45, 7) is 0.448. The molecular formula is C17H19N5O2. The van der Waals surface area contributed by atoms with E-state index in [4.69, 9.17) is 22.3 Å². The highest BCUT2D eigenvalue weighted by molar-refractivity contribution is 5.95. The molecule has 0 fully saturated rings. The Labute approximate surface area is 139 Å². The largest absolute Gasteiger partial charge is 0.465 e. The van der Waals surface area contributed by atoms with Crippen LogP contribution in [0.25, 0.3) is 0 Å². The monoisotopic (exact) mass is 325 g/mol. The zero-order valence-corrected chi connectivity index (χ0v) is 13.0. The van der Waals surface area contributed by atoms with Crippen molar-refractivity contribution in [2.45, 2.75) is 13.1 Å². The predicted octanol–water partition coefficient (Wildman–Crippen LogP) is 1.93. The van der Waals surface area contributed by atoms with Crippen LogP contribution in [0.15, 0.2) is 48.5 Å². The second kappa shape index (κ2) is 7.28. The molecule has 0 aromatic heterocycles. The van der Waals surface area contributed by atoms with Crippen LogP contribution < -0.4 is 11.5 Å². The van der Waals surface area contributed by atoms with E-state index in [1.807, 2.05) is 0 Å². The molecule has 0 unspecified atom stereocenters. The van der Waals surface area contributed by atoms with Gasteiger partial charge in [0.25, 0.3) is 0 Å². The highest BCUT2D eigenvalue weighted by Gasteiger charge is 2.13. The van der Waals surface area contributed by atoms with Crippen LogP contribution in [0.3, 0.4) is 0 Å². The third-order valence-corrected chi connectivity index (χ3v) is 3.55. The lowest BCUT2D eigenvalue weighted by Crippen LogP contribution is -2.28. The van der Waals surface area contributed by atoms with E-state index in [1.54, 1.807) is 48.5 Å². The average molecular weight is 325 g/mol. The maximum atomic E-state index is 11.5. The van der Waals surface area contributed by atoms with Crippen LogP contribution in [-0.2, 0) is 13.1 Å². The smallest absolute Gasteiger partial charge is 0.407 e. The number of amides is 1. The molecule has 0 aliphatic heterocycles. The molecule has 0 heterocycles. The molecule has 0 atom stereocenters. The van der Waals surface area contributed by atoms with Crippen molar-refractivity contribution in [3.63, 3.8) is 0 Å². The molecule has 2 aromatic rings. The molecule has 7 nitrogen and oxygen atoms in total. The van der Waals surface area contributed by atoms with Crippen LogP contribution in [-0.4, -0.2) is 27.8 Å². The van der Waals surface area contributed by atoms with Crippen LogP contribution in [0.5, 0.6) is 0 Å². The first kappa shape index (κ1) is 17.0. The normalized spacial score (nSPS) is 10.2. The summed E-state index contributed by atoms with van der Waals surface area (Å²) in [5.74, 6) is -0.0515. The molecule has 0 radical (unpaired) electrons. The van der Waals surface area contributed by atoms with Gasteiger partial charge >= 0.3 is 6.09 Å². The summed E-state index contributed by atoms with van der Waals surface area (Å²) < 4.78 is 0. The first-order valence-electron chi connectivity index (χ1n) is 7.21. The second-order valence-corrected chi connectivity index (χ2v) is 5.36.